The summed E-state index contributed by atoms with van der Waals surface area (Å²) >= 11 is 0. The first-order valence-corrected chi connectivity index (χ1v) is 20.9. The van der Waals surface area contributed by atoms with Crippen molar-refractivity contribution in [3.05, 3.63) is 247 Å². The third-order valence-corrected chi connectivity index (χ3v) is 12.6. The molecular weight excluding hydrogens is 739 g/mol. The van der Waals surface area contributed by atoms with Gasteiger partial charge in [0.05, 0.1) is 5.41 Å². The van der Waals surface area contributed by atoms with Crippen molar-refractivity contribution in [3.8, 4) is 89.8 Å². The summed E-state index contributed by atoms with van der Waals surface area (Å²) in [6.45, 7) is 0. The highest BCUT2D eigenvalue weighted by Crippen LogP contribution is 2.61. The molecule has 2 aliphatic carbocycles. The molecule has 3 nitrogen and oxygen atoms in total. The lowest BCUT2D eigenvalue weighted by Gasteiger charge is -2.35. The molecule has 12 rings (SSSR count). The van der Waals surface area contributed by atoms with Gasteiger partial charge in [-0.3, -0.25) is 0 Å². The molecule has 1 spiro atoms. The highest BCUT2D eigenvalue weighted by molar-refractivity contribution is 5.97. The number of fused-ring (bicyclic) bond motifs is 12. The Morgan fingerprint density at radius 2 is 0.607 bits per heavy atom. The Kier molecular flexibility index (Phi) is 8.07. The zero-order valence-electron chi connectivity index (χ0n) is 33.2. The minimum atomic E-state index is -0.614. The second kappa shape index (κ2) is 14.1. The van der Waals surface area contributed by atoms with Crippen LogP contribution in [-0.2, 0) is 5.41 Å². The number of nitrogens with zero attached hydrogens (tertiary/aromatic N) is 3. The SMILES string of the molecule is c1ccc(-c2cccc(-c3nc(-c4ccc5c(c4)C4(c6ccccc6-c6ccccc6-c6ccccc64)c4ccccc4-5)nc(-c4ccccc4-c4ccccc4)n3)c2)cc1. The molecule has 0 fully saturated rings. The Labute approximate surface area is 355 Å². The second-order valence-corrected chi connectivity index (χ2v) is 15.9. The standard InChI is InChI=1S/C58H37N3/c1-3-18-38(19-4-1)40-22-17-23-41(36-40)55-59-56(61-57(60-55)50-30-10-7-24-43(50)39-20-5-2-6-21-39)42-34-35-49-48-29-13-16-33-53(48)58(54(49)37-42)51-31-14-11-27-46(51)44-25-8-9-26-45(44)47-28-12-15-32-52(47)58/h1-37H. The van der Waals surface area contributed by atoms with E-state index in [0.29, 0.717) is 17.5 Å². The lowest BCUT2D eigenvalue weighted by Crippen LogP contribution is -2.29. The van der Waals surface area contributed by atoms with Gasteiger partial charge in [0, 0.05) is 16.7 Å². The summed E-state index contributed by atoms with van der Waals surface area (Å²) in [5, 5.41) is 0. The molecule has 0 radical (unpaired) electrons. The molecule has 0 N–H and O–H groups in total. The summed E-state index contributed by atoms with van der Waals surface area (Å²) in [6, 6.07) is 80.6. The predicted molar refractivity (Wildman–Crippen MR) is 249 cm³/mol. The van der Waals surface area contributed by atoms with Crippen LogP contribution in [0, 0.1) is 0 Å². The zero-order valence-corrected chi connectivity index (χ0v) is 33.2. The highest BCUT2D eigenvalue weighted by Gasteiger charge is 2.49. The first kappa shape index (κ1) is 35.0. The van der Waals surface area contributed by atoms with Gasteiger partial charge in [-0.2, -0.15) is 0 Å². The maximum absolute atomic E-state index is 5.39. The Morgan fingerprint density at radius 3 is 1.20 bits per heavy atom. The molecule has 0 atom stereocenters. The molecule has 0 saturated carbocycles. The Bertz CT molecular complexity index is 3250. The average molecular weight is 776 g/mol. The summed E-state index contributed by atoms with van der Waals surface area (Å²) in [5.41, 5.74) is 19.1. The van der Waals surface area contributed by atoms with Crippen LogP contribution in [0.4, 0.5) is 0 Å². The van der Waals surface area contributed by atoms with E-state index in [1.807, 2.05) is 12.1 Å². The number of hydrogen-bond donors (Lipinski definition) is 0. The number of rotatable bonds is 5. The number of benzene rings is 9. The number of hydrogen-bond acceptors (Lipinski definition) is 3. The van der Waals surface area contributed by atoms with Gasteiger partial charge >= 0.3 is 0 Å². The van der Waals surface area contributed by atoms with Gasteiger partial charge in [-0.1, -0.05) is 212 Å². The lowest BCUT2D eigenvalue weighted by atomic mass is 9.66. The van der Waals surface area contributed by atoms with Gasteiger partial charge in [-0.05, 0) is 90.0 Å². The monoisotopic (exact) mass is 775 g/mol. The summed E-state index contributed by atoms with van der Waals surface area (Å²) < 4.78 is 0. The Hall–Kier alpha value is -8.01. The summed E-state index contributed by atoms with van der Waals surface area (Å²) in [5.74, 6) is 1.88. The molecule has 0 aliphatic heterocycles. The van der Waals surface area contributed by atoms with E-state index in [1.54, 1.807) is 0 Å². The van der Waals surface area contributed by atoms with Crippen molar-refractivity contribution >= 4 is 0 Å². The highest BCUT2D eigenvalue weighted by atomic mass is 15.0. The summed E-state index contributed by atoms with van der Waals surface area (Å²) in [7, 11) is 0. The molecule has 61 heavy (non-hydrogen) atoms. The molecule has 0 unspecified atom stereocenters. The molecule has 9 aromatic carbocycles. The third kappa shape index (κ3) is 5.48. The van der Waals surface area contributed by atoms with Crippen LogP contribution in [0.5, 0.6) is 0 Å². The normalized spacial score (nSPS) is 12.7. The van der Waals surface area contributed by atoms with E-state index in [1.165, 1.54) is 55.6 Å². The fraction of sp³-hybridized carbons (Fsp3) is 0.0172. The molecule has 10 aromatic rings. The van der Waals surface area contributed by atoms with Crippen LogP contribution in [0.1, 0.15) is 22.3 Å². The fourth-order valence-corrected chi connectivity index (χ4v) is 9.96. The van der Waals surface area contributed by atoms with Gasteiger partial charge in [0.1, 0.15) is 0 Å². The van der Waals surface area contributed by atoms with Crippen LogP contribution in [0.25, 0.3) is 89.8 Å². The van der Waals surface area contributed by atoms with Gasteiger partial charge in [0.25, 0.3) is 0 Å². The smallest absolute Gasteiger partial charge is 0.164 e. The minimum absolute atomic E-state index is 0.614. The van der Waals surface area contributed by atoms with Gasteiger partial charge in [-0.15, -0.1) is 0 Å². The largest absolute Gasteiger partial charge is 0.208 e. The molecule has 0 bridgehead atoms. The van der Waals surface area contributed by atoms with Crippen LogP contribution >= 0.6 is 0 Å². The molecule has 284 valence electrons. The number of aromatic nitrogens is 3. The first-order valence-electron chi connectivity index (χ1n) is 20.9. The topological polar surface area (TPSA) is 38.7 Å². The van der Waals surface area contributed by atoms with E-state index in [9.17, 15) is 0 Å². The van der Waals surface area contributed by atoms with Crippen molar-refractivity contribution in [1.29, 1.82) is 0 Å². The van der Waals surface area contributed by atoms with Crippen molar-refractivity contribution in [1.82, 2.24) is 15.0 Å². The van der Waals surface area contributed by atoms with Gasteiger partial charge in [0.2, 0.25) is 0 Å². The zero-order chi connectivity index (χ0) is 40.3. The molecular formula is C58H37N3. The van der Waals surface area contributed by atoms with Crippen LogP contribution in [0.15, 0.2) is 224 Å². The Balaban J connectivity index is 1.13. The molecule has 3 heteroatoms. The van der Waals surface area contributed by atoms with Crippen LogP contribution in [0.3, 0.4) is 0 Å². The Morgan fingerprint density at radius 1 is 0.213 bits per heavy atom. The molecule has 0 amide bonds. The maximum atomic E-state index is 5.39. The van der Waals surface area contributed by atoms with E-state index in [0.717, 1.165) is 38.9 Å². The van der Waals surface area contributed by atoms with E-state index in [2.05, 4.69) is 212 Å². The predicted octanol–water partition coefficient (Wildman–Crippen LogP) is 14.2. The molecule has 1 heterocycles. The minimum Gasteiger partial charge on any atom is -0.208 e. The van der Waals surface area contributed by atoms with Crippen molar-refractivity contribution in [3.63, 3.8) is 0 Å². The van der Waals surface area contributed by atoms with Crippen LogP contribution < -0.4 is 0 Å². The molecule has 1 aromatic heterocycles. The van der Waals surface area contributed by atoms with E-state index < -0.39 is 5.41 Å². The van der Waals surface area contributed by atoms with E-state index >= 15 is 0 Å². The van der Waals surface area contributed by atoms with Crippen molar-refractivity contribution in [2.75, 3.05) is 0 Å². The van der Waals surface area contributed by atoms with Gasteiger partial charge in [-0.25, -0.2) is 15.0 Å². The van der Waals surface area contributed by atoms with E-state index in [4.69, 9.17) is 15.0 Å². The first-order chi connectivity index (χ1) is 30.3. The van der Waals surface area contributed by atoms with Crippen molar-refractivity contribution in [2.45, 2.75) is 5.41 Å². The van der Waals surface area contributed by atoms with Gasteiger partial charge in [0.15, 0.2) is 17.5 Å². The van der Waals surface area contributed by atoms with Crippen LogP contribution in [-0.4, -0.2) is 15.0 Å². The van der Waals surface area contributed by atoms with Gasteiger partial charge < -0.3 is 0 Å². The van der Waals surface area contributed by atoms with Crippen molar-refractivity contribution < 1.29 is 0 Å². The van der Waals surface area contributed by atoms with E-state index in [-0.39, 0.29) is 0 Å². The van der Waals surface area contributed by atoms with Crippen molar-refractivity contribution in [2.24, 2.45) is 0 Å². The average Bonchev–Trinajstić information content (AvgIpc) is 3.58. The quantitative estimate of drug-likeness (QED) is 0.175. The second-order valence-electron chi connectivity index (χ2n) is 15.9. The lowest BCUT2D eigenvalue weighted by molar-refractivity contribution is 0.775. The summed E-state index contributed by atoms with van der Waals surface area (Å²) in [6.07, 6.45) is 0. The molecule has 2 aliphatic rings. The van der Waals surface area contributed by atoms with Crippen LogP contribution in [0.2, 0.25) is 0 Å². The maximum Gasteiger partial charge on any atom is 0.164 e. The summed E-state index contributed by atoms with van der Waals surface area (Å²) in [4.78, 5) is 16.0. The third-order valence-electron chi connectivity index (χ3n) is 12.6. The fourth-order valence-electron chi connectivity index (χ4n) is 9.96. The molecule has 0 saturated heterocycles.